The van der Waals surface area contributed by atoms with E-state index in [-0.39, 0.29) is 0 Å². The van der Waals surface area contributed by atoms with E-state index in [0.717, 1.165) is 24.2 Å². The van der Waals surface area contributed by atoms with Gasteiger partial charge in [0.05, 0.1) is 0 Å². The largest absolute Gasteiger partial charge is 0.399 e. The minimum atomic E-state index is 0.510. The van der Waals surface area contributed by atoms with Crippen LogP contribution in [0.4, 0.5) is 11.4 Å². The number of benzene rings is 4. The first-order valence-corrected chi connectivity index (χ1v) is 10.9. The third kappa shape index (κ3) is 2.37. The van der Waals surface area contributed by atoms with Crippen molar-refractivity contribution in [3.05, 3.63) is 82.9 Å². The maximum Gasteiger partial charge on any atom is 0.0320 e. The van der Waals surface area contributed by atoms with Crippen LogP contribution < -0.4 is 11.5 Å². The molecule has 0 aromatic heterocycles. The number of fused-ring (bicyclic) bond motifs is 6. The summed E-state index contributed by atoms with van der Waals surface area (Å²) in [6, 6.07) is 21.8. The highest BCUT2D eigenvalue weighted by Crippen LogP contribution is 2.52. The molecular weight excluding hydrogens is 364 g/mol. The Bertz CT molecular complexity index is 1290. The summed E-state index contributed by atoms with van der Waals surface area (Å²) in [7, 11) is 0. The Morgan fingerprint density at radius 1 is 0.600 bits per heavy atom. The molecule has 4 aromatic rings. The van der Waals surface area contributed by atoms with Crippen molar-refractivity contribution in [1.82, 2.24) is 0 Å². The first kappa shape index (κ1) is 17.6. The van der Waals surface area contributed by atoms with Gasteiger partial charge in [-0.1, -0.05) is 50.2 Å². The molecule has 6 rings (SSSR count). The maximum atomic E-state index is 6.09. The fourth-order valence-corrected chi connectivity index (χ4v) is 5.92. The molecule has 0 heterocycles. The molecule has 30 heavy (non-hydrogen) atoms. The van der Waals surface area contributed by atoms with E-state index in [1.54, 1.807) is 0 Å². The minimum Gasteiger partial charge on any atom is -0.399 e. The van der Waals surface area contributed by atoms with Crippen LogP contribution in [0.5, 0.6) is 0 Å². The third-order valence-corrected chi connectivity index (χ3v) is 7.13. The molecule has 148 valence electrons. The normalized spacial score (nSPS) is 22.6. The molecule has 0 saturated heterocycles. The van der Waals surface area contributed by atoms with Gasteiger partial charge in [-0.05, 0) is 104 Å². The van der Waals surface area contributed by atoms with Gasteiger partial charge in [0, 0.05) is 11.4 Å². The fourth-order valence-electron chi connectivity index (χ4n) is 5.92. The lowest BCUT2D eigenvalue weighted by Gasteiger charge is -2.19. The van der Waals surface area contributed by atoms with Crippen molar-refractivity contribution in [2.75, 3.05) is 11.5 Å². The van der Waals surface area contributed by atoms with E-state index >= 15 is 0 Å². The minimum absolute atomic E-state index is 0.510. The molecule has 0 amide bonds. The molecule has 0 saturated carbocycles. The van der Waals surface area contributed by atoms with Crippen molar-refractivity contribution in [3.8, 4) is 0 Å². The average Bonchev–Trinajstić information content (AvgIpc) is 3.22. The molecule has 0 radical (unpaired) electrons. The molecule has 0 unspecified atom stereocenters. The quantitative estimate of drug-likeness (QED) is 0.339. The number of hydrogen-bond acceptors (Lipinski definition) is 2. The van der Waals surface area contributed by atoms with E-state index in [9.17, 15) is 0 Å². The zero-order valence-corrected chi connectivity index (χ0v) is 17.5. The standard InChI is InChI=1S/C28H26N2/c1-15-11-19-5-3-17-13-21(29)7-9-23(17)27(19)25(15)26-16(2)12-20-6-4-18-14-22(30)8-10-24(18)28(20)26/h3-10,13-16H,11-12,29-30H2,1-2H3/b26-25-/t15-,16-/m0/s1. The Balaban J connectivity index is 1.72. The van der Waals surface area contributed by atoms with Gasteiger partial charge in [0.25, 0.3) is 0 Å². The first-order chi connectivity index (χ1) is 14.5. The molecule has 0 fully saturated rings. The second-order valence-electron chi connectivity index (χ2n) is 9.20. The molecule has 4 aromatic carbocycles. The number of nitrogens with two attached hydrogens (primary N) is 2. The van der Waals surface area contributed by atoms with Crippen molar-refractivity contribution in [2.24, 2.45) is 11.8 Å². The molecular formula is C28H26N2. The Hall–Kier alpha value is -3.26. The summed E-state index contributed by atoms with van der Waals surface area (Å²) in [5.74, 6) is 1.02. The molecule has 4 N–H and O–H groups in total. The number of rotatable bonds is 0. The molecule has 2 heteroatoms. The van der Waals surface area contributed by atoms with E-state index < -0.39 is 0 Å². The van der Waals surface area contributed by atoms with Crippen LogP contribution in [0.25, 0.3) is 32.7 Å². The van der Waals surface area contributed by atoms with Crippen LogP contribution >= 0.6 is 0 Å². The molecule has 0 bridgehead atoms. The number of allylic oxidation sites excluding steroid dienone is 2. The van der Waals surface area contributed by atoms with Gasteiger partial charge in [-0.3, -0.25) is 0 Å². The number of anilines is 2. The van der Waals surface area contributed by atoms with E-state index in [1.807, 2.05) is 12.1 Å². The lowest BCUT2D eigenvalue weighted by molar-refractivity contribution is 0.754. The summed E-state index contributed by atoms with van der Waals surface area (Å²) in [6.45, 7) is 4.78. The summed E-state index contributed by atoms with van der Waals surface area (Å²) >= 11 is 0. The summed E-state index contributed by atoms with van der Waals surface area (Å²) in [5, 5.41) is 5.13. The highest BCUT2D eigenvalue weighted by Gasteiger charge is 2.34. The van der Waals surface area contributed by atoms with Crippen molar-refractivity contribution in [1.29, 1.82) is 0 Å². The Morgan fingerprint density at radius 2 is 1.03 bits per heavy atom. The summed E-state index contributed by atoms with van der Waals surface area (Å²) in [6.07, 6.45) is 2.21. The van der Waals surface area contributed by atoms with Crippen LogP contribution in [0.3, 0.4) is 0 Å². The van der Waals surface area contributed by atoms with E-state index in [4.69, 9.17) is 11.5 Å². The van der Waals surface area contributed by atoms with Crippen molar-refractivity contribution >= 4 is 44.1 Å². The third-order valence-electron chi connectivity index (χ3n) is 7.13. The number of hydrogen-bond donors (Lipinski definition) is 2. The zero-order valence-electron chi connectivity index (χ0n) is 17.5. The fraction of sp³-hybridized carbons (Fsp3) is 0.214. The van der Waals surface area contributed by atoms with Crippen molar-refractivity contribution in [2.45, 2.75) is 26.7 Å². The lowest BCUT2D eigenvalue weighted by Crippen LogP contribution is -2.01. The van der Waals surface area contributed by atoms with Gasteiger partial charge in [0.2, 0.25) is 0 Å². The van der Waals surface area contributed by atoms with Crippen LogP contribution in [-0.2, 0) is 12.8 Å². The molecule has 0 aliphatic heterocycles. The zero-order chi connectivity index (χ0) is 20.6. The topological polar surface area (TPSA) is 52.0 Å². The predicted molar refractivity (Wildman–Crippen MR) is 129 cm³/mol. The van der Waals surface area contributed by atoms with E-state index in [1.165, 1.54) is 54.9 Å². The predicted octanol–water partition coefficient (Wildman–Crippen LogP) is 6.45. The van der Waals surface area contributed by atoms with Crippen LogP contribution in [0.1, 0.15) is 36.1 Å². The summed E-state index contributed by atoms with van der Waals surface area (Å²) in [5.41, 5.74) is 22.7. The van der Waals surface area contributed by atoms with Gasteiger partial charge in [-0.15, -0.1) is 0 Å². The van der Waals surface area contributed by atoms with Gasteiger partial charge in [-0.25, -0.2) is 0 Å². The molecule has 0 spiro atoms. The maximum absolute atomic E-state index is 6.09. The number of nitrogen functional groups attached to an aromatic ring is 2. The van der Waals surface area contributed by atoms with Crippen LogP contribution in [0.15, 0.2) is 60.7 Å². The van der Waals surface area contributed by atoms with Crippen LogP contribution in [-0.4, -0.2) is 0 Å². The Morgan fingerprint density at radius 3 is 1.47 bits per heavy atom. The van der Waals surface area contributed by atoms with Crippen molar-refractivity contribution in [3.63, 3.8) is 0 Å². The molecule has 2 aliphatic carbocycles. The molecule has 2 nitrogen and oxygen atoms in total. The molecule has 2 aliphatic rings. The monoisotopic (exact) mass is 390 g/mol. The SMILES string of the molecule is C[C@H]1Cc2ccc3cc(N)ccc3c2/C1=C1\c2c(ccc3cc(N)ccc23)C[C@@H]1C. The summed E-state index contributed by atoms with van der Waals surface area (Å²) in [4.78, 5) is 0. The van der Waals surface area contributed by atoms with Crippen LogP contribution in [0, 0.1) is 11.8 Å². The summed E-state index contributed by atoms with van der Waals surface area (Å²) < 4.78 is 0. The van der Waals surface area contributed by atoms with Gasteiger partial charge in [0.1, 0.15) is 0 Å². The lowest BCUT2D eigenvalue weighted by atomic mass is 9.85. The average molecular weight is 391 g/mol. The van der Waals surface area contributed by atoms with Gasteiger partial charge in [-0.2, -0.15) is 0 Å². The van der Waals surface area contributed by atoms with Gasteiger partial charge in [0.15, 0.2) is 0 Å². The van der Waals surface area contributed by atoms with Crippen LogP contribution in [0.2, 0.25) is 0 Å². The highest BCUT2D eigenvalue weighted by molar-refractivity contribution is 6.10. The first-order valence-electron chi connectivity index (χ1n) is 10.9. The molecule has 2 atom stereocenters. The Labute approximate surface area is 177 Å². The Kier molecular flexibility index (Phi) is 3.59. The van der Waals surface area contributed by atoms with Gasteiger partial charge >= 0.3 is 0 Å². The smallest absolute Gasteiger partial charge is 0.0320 e. The second-order valence-corrected chi connectivity index (χ2v) is 9.20. The van der Waals surface area contributed by atoms with Gasteiger partial charge < -0.3 is 11.5 Å². The van der Waals surface area contributed by atoms with E-state index in [0.29, 0.717) is 11.8 Å². The van der Waals surface area contributed by atoms with Crippen molar-refractivity contribution < 1.29 is 0 Å². The van der Waals surface area contributed by atoms with E-state index in [2.05, 4.69) is 62.4 Å². The highest BCUT2D eigenvalue weighted by atomic mass is 14.5. The second kappa shape index (κ2) is 6.12.